The Bertz CT molecular complexity index is 532. The largest absolute Gasteiger partial charge is 0.302 e. The van der Waals surface area contributed by atoms with Gasteiger partial charge in [0.1, 0.15) is 0 Å². The molecular weight excluding hydrogens is 274 g/mol. The Balaban J connectivity index is 2.09. The van der Waals surface area contributed by atoms with Crippen molar-refractivity contribution in [3.8, 4) is 0 Å². The van der Waals surface area contributed by atoms with E-state index in [0.717, 1.165) is 37.0 Å². The van der Waals surface area contributed by atoms with Crippen molar-refractivity contribution in [2.75, 3.05) is 5.32 Å². The van der Waals surface area contributed by atoms with Gasteiger partial charge in [-0.1, -0.05) is 24.2 Å². The molecule has 8 heteroatoms. The first-order chi connectivity index (χ1) is 8.47. The van der Waals surface area contributed by atoms with E-state index in [9.17, 15) is 13.2 Å². The lowest BCUT2D eigenvalue weighted by atomic mass is 10.3. The molecule has 0 spiro atoms. The van der Waals surface area contributed by atoms with Crippen LogP contribution in [0.5, 0.6) is 0 Å². The zero-order chi connectivity index (χ0) is 13.2. The monoisotopic (exact) mass is 289 g/mol. The van der Waals surface area contributed by atoms with Crippen LogP contribution in [0.2, 0.25) is 0 Å². The molecule has 0 radical (unpaired) electrons. The number of rotatable bonds is 4. The van der Waals surface area contributed by atoms with Gasteiger partial charge in [-0.2, -0.15) is 0 Å². The molecule has 18 heavy (non-hydrogen) atoms. The maximum Gasteiger partial charge on any atom is 0.251 e. The van der Waals surface area contributed by atoms with Gasteiger partial charge in [-0.05, 0) is 12.8 Å². The number of anilines is 1. The smallest absolute Gasteiger partial charge is 0.251 e. The van der Waals surface area contributed by atoms with Gasteiger partial charge in [0.2, 0.25) is 5.91 Å². The fourth-order valence-corrected chi connectivity index (χ4v) is 4.31. The second kappa shape index (κ2) is 5.33. The molecule has 1 aromatic rings. The molecule has 6 nitrogen and oxygen atoms in total. The fourth-order valence-electron chi connectivity index (χ4n) is 1.91. The maximum absolute atomic E-state index is 12.0. The number of hydrogen-bond acceptors (Lipinski definition) is 5. The molecule has 2 rings (SSSR count). The van der Waals surface area contributed by atoms with Crippen molar-refractivity contribution in [3.63, 3.8) is 0 Å². The third-order valence-electron chi connectivity index (χ3n) is 2.71. The van der Waals surface area contributed by atoms with Crippen LogP contribution >= 0.6 is 11.3 Å². The quantitative estimate of drug-likeness (QED) is 0.875. The van der Waals surface area contributed by atoms with Crippen LogP contribution in [-0.2, 0) is 14.8 Å². The van der Waals surface area contributed by atoms with E-state index < -0.39 is 10.0 Å². The fraction of sp³-hybridized carbons (Fsp3) is 0.600. The summed E-state index contributed by atoms with van der Waals surface area (Å²) >= 11 is 0.958. The Hall–Kier alpha value is -0.990. The second-order valence-electron chi connectivity index (χ2n) is 4.27. The normalized spacial score (nSPS) is 16.9. The number of amides is 1. The Kier molecular flexibility index (Phi) is 3.98. The Morgan fingerprint density at radius 3 is 2.72 bits per heavy atom. The van der Waals surface area contributed by atoms with Gasteiger partial charge < -0.3 is 5.32 Å². The lowest BCUT2D eigenvalue weighted by Crippen LogP contribution is -2.32. The summed E-state index contributed by atoms with van der Waals surface area (Å²) < 4.78 is 26.9. The van der Waals surface area contributed by atoms with Crippen LogP contribution in [0.15, 0.2) is 10.4 Å². The highest BCUT2D eigenvalue weighted by molar-refractivity contribution is 7.91. The number of nitrogens with zero attached hydrogens (tertiary/aromatic N) is 1. The summed E-state index contributed by atoms with van der Waals surface area (Å²) in [6, 6.07) is 0.0290. The summed E-state index contributed by atoms with van der Waals surface area (Å²) in [6.45, 7) is 1.35. The Labute approximate surface area is 110 Å². The molecule has 0 aliphatic heterocycles. The first-order valence-electron chi connectivity index (χ1n) is 5.73. The number of thiazole rings is 1. The van der Waals surface area contributed by atoms with E-state index >= 15 is 0 Å². The molecule has 1 amide bonds. The SMILES string of the molecule is CC(=O)Nc1ncc(S(=O)(=O)NC2CCCC2)s1. The third-order valence-corrected chi connectivity index (χ3v) is 5.60. The van der Waals surface area contributed by atoms with E-state index in [0.29, 0.717) is 5.13 Å². The van der Waals surface area contributed by atoms with Crippen LogP contribution in [-0.4, -0.2) is 25.4 Å². The molecule has 1 aromatic heterocycles. The average molecular weight is 289 g/mol. The lowest BCUT2D eigenvalue weighted by molar-refractivity contribution is -0.114. The van der Waals surface area contributed by atoms with Gasteiger partial charge in [0.15, 0.2) is 9.34 Å². The number of carbonyl (C=O) groups is 1. The van der Waals surface area contributed by atoms with E-state index in [2.05, 4.69) is 15.0 Å². The van der Waals surface area contributed by atoms with Gasteiger partial charge in [-0.25, -0.2) is 18.1 Å². The molecule has 1 aliphatic carbocycles. The van der Waals surface area contributed by atoms with Gasteiger partial charge >= 0.3 is 0 Å². The highest BCUT2D eigenvalue weighted by Crippen LogP contribution is 2.25. The molecule has 0 aromatic carbocycles. The first kappa shape index (κ1) is 13.4. The topological polar surface area (TPSA) is 88.2 Å². The van der Waals surface area contributed by atoms with Crippen LogP contribution in [0.3, 0.4) is 0 Å². The van der Waals surface area contributed by atoms with Gasteiger partial charge in [0, 0.05) is 13.0 Å². The van der Waals surface area contributed by atoms with Crippen molar-refractivity contribution < 1.29 is 13.2 Å². The molecular formula is C10H15N3O3S2. The number of aromatic nitrogens is 1. The second-order valence-corrected chi connectivity index (χ2v) is 7.24. The van der Waals surface area contributed by atoms with Crippen LogP contribution in [0.1, 0.15) is 32.6 Å². The molecule has 0 unspecified atom stereocenters. The summed E-state index contributed by atoms with van der Waals surface area (Å²) in [6.07, 6.45) is 5.17. The molecule has 100 valence electrons. The zero-order valence-corrected chi connectivity index (χ0v) is 11.6. The minimum absolute atomic E-state index is 0.0290. The van der Waals surface area contributed by atoms with Crippen molar-refractivity contribution in [2.45, 2.75) is 42.9 Å². The summed E-state index contributed by atoms with van der Waals surface area (Å²) in [4.78, 5) is 14.7. The van der Waals surface area contributed by atoms with Crippen molar-refractivity contribution in [3.05, 3.63) is 6.20 Å². The highest BCUT2D eigenvalue weighted by Gasteiger charge is 2.24. The predicted molar refractivity (Wildman–Crippen MR) is 69.0 cm³/mol. The molecule has 2 N–H and O–H groups in total. The van der Waals surface area contributed by atoms with Gasteiger partial charge in [-0.15, -0.1) is 0 Å². The standard InChI is InChI=1S/C10H15N3O3S2/c1-7(14)12-10-11-6-9(17-10)18(15,16)13-8-4-2-3-5-8/h6,8,13H,2-5H2,1H3,(H,11,12,14). The average Bonchev–Trinajstić information content (AvgIpc) is 2.87. The van der Waals surface area contributed by atoms with E-state index in [1.165, 1.54) is 13.1 Å². The summed E-state index contributed by atoms with van der Waals surface area (Å²) in [5.41, 5.74) is 0. The third kappa shape index (κ3) is 3.27. The van der Waals surface area contributed by atoms with Gasteiger partial charge in [0.05, 0.1) is 6.20 Å². The lowest BCUT2D eigenvalue weighted by Gasteiger charge is -2.10. The van der Waals surface area contributed by atoms with Crippen LogP contribution in [0.4, 0.5) is 5.13 Å². The Morgan fingerprint density at radius 1 is 1.44 bits per heavy atom. The minimum atomic E-state index is -3.50. The minimum Gasteiger partial charge on any atom is -0.302 e. The van der Waals surface area contributed by atoms with Crippen molar-refractivity contribution >= 4 is 32.4 Å². The van der Waals surface area contributed by atoms with Crippen LogP contribution < -0.4 is 10.0 Å². The van der Waals surface area contributed by atoms with Crippen molar-refractivity contribution in [1.82, 2.24) is 9.71 Å². The van der Waals surface area contributed by atoms with Crippen LogP contribution in [0.25, 0.3) is 0 Å². The zero-order valence-electron chi connectivity index (χ0n) is 9.97. The molecule has 1 aliphatic rings. The van der Waals surface area contributed by atoms with Crippen LogP contribution in [0, 0.1) is 0 Å². The molecule has 0 atom stereocenters. The molecule has 1 heterocycles. The first-order valence-corrected chi connectivity index (χ1v) is 8.03. The van der Waals surface area contributed by atoms with Crippen molar-refractivity contribution in [2.24, 2.45) is 0 Å². The van der Waals surface area contributed by atoms with Gasteiger partial charge in [-0.3, -0.25) is 4.79 Å². The summed E-state index contributed by atoms with van der Waals surface area (Å²) in [5.74, 6) is -0.267. The maximum atomic E-state index is 12.0. The number of nitrogens with one attached hydrogen (secondary N) is 2. The van der Waals surface area contributed by atoms with E-state index in [1.54, 1.807) is 0 Å². The van der Waals surface area contributed by atoms with E-state index in [-0.39, 0.29) is 16.2 Å². The molecule has 1 saturated carbocycles. The van der Waals surface area contributed by atoms with Gasteiger partial charge in [0.25, 0.3) is 10.0 Å². The molecule has 1 fully saturated rings. The summed E-state index contributed by atoms with van der Waals surface area (Å²) in [7, 11) is -3.50. The summed E-state index contributed by atoms with van der Waals surface area (Å²) in [5, 5.41) is 2.77. The molecule has 0 saturated heterocycles. The number of sulfonamides is 1. The van der Waals surface area contributed by atoms with E-state index in [1.807, 2.05) is 0 Å². The number of hydrogen-bond donors (Lipinski definition) is 2. The van der Waals surface area contributed by atoms with E-state index in [4.69, 9.17) is 0 Å². The highest BCUT2D eigenvalue weighted by atomic mass is 32.2. The Morgan fingerprint density at radius 2 is 2.11 bits per heavy atom. The van der Waals surface area contributed by atoms with Crippen molar-refractivity contribution in [1.29, 1.82) is 0 Å². The predicted octanol–water partition coefficient (Wildman–Crippen LogP) is 1.32. The molecule has 0 bridgehead atoms. The number of carbonyl (C=O) groups excluding carboxylic acids is 1.